The lowest BCUT2D eigenvalue weighted by Crippen LogP contribution is -2.41. The molecular formula is C19H20N4O4. The number of likely N-dealkylation sites (tertiary alicyclic amines) is 1. The van der Waals surface area contributed by atoms with E-state index >= 15 is 0 Å². The molecule has 8 heteroatoms. The van der Waals surface area contributed by atoms with Gasteiger partial charge in [-0.3, -0.25) is 24.7 Å². The van der Waals surface area contributed by atoms with Crippen LogP contribution in [0.5, 0.6) is 0 Å². The van der Waals surface area contributed by atoms with Crippen molar-refractivity contribution in [2.75, 3.05) is 19.6 Å². The number of nitrogens with zero attached hydrogens (tertiary/aromatic N) is 3. The second-order valence-corrected chi connectivity index (χ2v) is 6.46. The molecule has 0 spiro atoms. The SMILES string of the molecule is O=C(NCC1CCN(C(=O)c2cccnc2)CC1)c1ccccc1[N+](=O)[O-]. The number of nitro benzene ring substituents is 1. The summed E-state index contributed by atoms with van der Waals surface area (Å²) in [4.78, 5) is 40.9. The summed E-state index contributed by atoms with van der Waals surface area (Å²) in [6, 6.07) is 9.38. The molecule has 2 amide bonds. The Labute approximate surface area is 156 Å². The number of hydrogen-bond donors (Lipinski definition) is 1. The van der Waals surface area contributed by atoms with Crippen molar-refractivity contribution >= 4 is 17.5 Å². The molecule has 1 aromatic heterocycles. The molecule has 1 aliphatic rings. The van der Waals surface area contributed by atoms with E-state index in [2.05, 4.69) is 10.3 Å². The molecule has 2 heterocycles. The highest BCUT2D eigenvalue weighted by molar-refractivity contribution is 5.98. The minimum Gasteiger partial charge on any atom is -0.352 e. The van der Waals surface area contributed by atoms with Crippen LogP contribution in [-0.4, -0.2) is 46.3 Å². The van der Waals surface area contributed by atoms with E-state index in [1.807, 2.05) is 0 Å². The van der Waals surface area contributed by atoms with Crippen LogP contribution in [0.25, 0.3) is 0 Å². The Morgan fingerprint density at radius 1 is 1.19 bits per heavy atom. The minimum absolute atomic E-state index is 0.0366. The number of nitrogens with one attached hydrogen (secondary N) is 1. The number of pyridine rings is 1. The number of piperidine rings is 1. The third-order valence-corrected chi connectivity index (χ3v) is 4.71. The summed E-state index contributed by atoms with van der Waals surface area (Å²) in [5.41, 5.74) is 0.430. The van der Waals surface area contributed by atoms with E-state index in [0.717, 1.165) is 12.8 Å². The lowest BCUT2D eigenvalue weighted by molar-refractivity contribution is -0.385. The Morgan fingerprint density at radius 3 is 2.59 bits per heavy atom. The van der Waals surface area contributed by atoms with E-state index in [-0.39, 0.29) is 23.1 Å². The maximum atomic E-state index is 12.4. The molecule has 27 heavy (non-hydrogen) atoms. The highest BCUT2D eigenvalue weighted by atomic mass is 16.6. The third kappa shape index (κ3) is 4.46. The fourth-order valence-corrected chi connectivity index (χ4v) is 3.17. The van der Waals surface area contributed by atoms with Crippen molar-refractivity contribution in [3.63, 3.8) is 0 Å². The molecule has 1 saturated heterocycles. The first-order valence-corrected chi connectivity index (χ1v) is 8.77. The molecule has 1 aliphatic heterocycles. The zero-order valence-electron chi connectivity index (χ0n) is 14.7. The van der Waals surface area contributed by atoms with Crippen LogP contribution in [0.3, 0.4) is 0 Å². The lowest BCUT2D eigenvalue weighted by atomic mass is 9.96. The molecule has 1 fully saturated rings. The van der Waals surface area contributed by atoms with Crippen molar-refractivity contribution in [3.8, 4) is 0 Å². The molecule has 2 aromatic rings. The van der Waals surface area contributed by atoms with Crippen LogP contribution < -0.4 is 5.32 Å². The molecule has 140 valence electrons. The second kappa shape index (κ2) is 8.39. The van der Waals surface area contributed by atoms with Crippen LogP contribution in [-0.2, 0) is 0 Å². The van der Waals surface area contributed by atoms with Gasteiger partial charge in [-0.05, 0) is 37.0 Å². The summed E-state index contributed by atoms with van der Waals surface area (Å²) >= 11 is 0. The number of carbonyl (C=O) groups is 2. The van der Waals surface area contributed by atoms with Crippen molar-refractivity contribution in [2.45, 2.75) is 12.8 Å². The number of para-hydroxylation sites is 1. The van der Waals surface area contributed by atoms with Crippen molar-refractivity contribution in [1.29, 1.82) is 0 Å². The first-order chi connectivity index (χ1) is 13.1. The molecule has 1 N–H and O–H groups in total. The number of aromatic nitrogens is 1. The number of hydrogen-bond acceptors (Lipinski definition) is 5. The van der Waals surface area contributed by atoms with Gasteiger partial charge in [0.1, 0.15) is 5.56 Å². The highest BCUT2D eigenvalue weighted by Gasteiger charge is 2.25. The summed E-state index contributed by atoms with van der Waals surface area (Å²) in [5.74, 6) is -0.253. The molecular weight excluding hydrogens is 348 g/mol. The summed E-state index contributed by atoms with van der Waals surface area (Å²) in [6.45, 7) is 1.65. The number of rotatable bonds is 5. The Balaban J connectivity index is 1.51. The van der Waals surface area contributed by atoms with Gasteiger partial charge >= 0.3 is 0 Å². The fraction of sp³-hybridized carbons (Fsp3) is 0.316. The maximum Gasteiger partial charge on any atom is 0.282 e. The standard InChI is InChI=1S/C19H20N4O4/c24-18(16-5-1-2-6-17(16)23(26)27)21-12-14-7-10-22(11-8-14)19(25)15-4-3-9-20-13-15/h1-6,9,13-14H,7-8,10-12H2,(H,21,24). The van der Waals surface area contributed by atoms with Crippen molar-refractivity contribution in [2.24, 2.45) is 5.92 Å². The van der Waals surface area contributed by atoms with E-state index in [4.69, 9.17) is 0 Å². The summed E-state index contributed by atoms with van der Waals surface area (Å²) in [6.07, 6.45) is 4.72. The normalized spacial score (nSPS) is 14.6. The van der Waals surface area contributed by atoms with Gasteiger partial charge in [0, 0.05) is 38.1 Å². The van der Waals surface area contributed by atoms with Crippen LogP contribution >= 0.6 is 0 Å². The Bertz CT molecular complexity index is 833. The van der Waals surface area contributed by atoms with Gasteiger partial charge in [-0.15, -0.1) is 0 Å². The average Bonchev–Trinajstić information content (AvgIpc) is 2.72. The van der Waals surface area contributed by atoms with Crippen LogP contribution in [0.1, 0.15) is 33.6 Å². The predicted octanol–water partition coefficient (Wildman–Crippen LogP) is 2.27. The van der Waals surface area contributed by atoms with Crippen LogP contribution in [0.4, 0.5) is 5.69 Å². The van der Waals surface area contributed by atoms with Crippen molar-refractivity contribution in [1.82, 2.24) is 15.2 Å². The van der Waals surface area contributed by atoms with Gasteiger partial charge in [0.2, 0.25) is 0 Å². The fourth-order valence-electron chi connectivity index (χ4n) is 3.17. The zero-order chi connectivity index (χ0) is 19.2. The third-order valence-electron chi connectivity index (χ3n) is 4.71. The topological polar surface area (TPSA) is 105 Å². The van der Waals surface area contributed by atoms with E-state index in [0.29, 0.717) is 25.2 Å². The van der Waals surface area contributed by atoms with E-state index in [1.54, 1.807) is 35.5 Å². The molecule has 0 bridgehead atoms. The van der Waals surface area contributed by atoms with Gasteiger partial charge in [-0.2, -0.15) is 0 Å². The molecule has 1 aromatic carbocycles. The Kier molecular flexibility index (Phi) is 5.75. The number of nitro groups is 1. The van der Waals surface area contributed by atoms with E-state index in [9.17, 15) is 19.7 Å². The first kappa shape index (κ1) is 18.5. The van der Waals surface area contributed by atoms with Crippen molar-refractivity contribution in [3.05, 3.63) is 70.0 Å². The summed E-state index contributed by atoms with van der Waals surface area (Å²) in [5, 5.41) is 13.8. The minimum atomic E-state index is -0.558. The van der Waals surface area contributed by atoms with Gasteiger partial charge in [0.15, 0.2) is 0 Å². The highest BCUT2D eigenvalue weighted by Crippen LogP contribution is 2.20. The zero-order valence-corrected chi connectivity index (χ0v) is 14.7. The summed E-state index contributed by atoms with van der Waals surface area (Å²) in [7, 11) is 0. The van der Waals surface area contributed by atoms with Gasteiger partial charge in [-0.25, -0.2) is 0 Å². The molecule has 0 aliphatic carbocycles. The van der Waals surface area contributed by atoms with Crippen LogP contribution in [0.2, 0.25) is 0 Å². The van der Waals surface area contributed by atoms with Gasteiger partial charge < -0.3 is 10.2 Å². The summed E-state index contributed by atoms with van der Waals surface area (Å²) < 4.78 is 0. The monoisotopic (exact) mass is 368 g/mol. The Hall–Kier alpha value is -3.29. The average molecular weight is 368 g/mol. The largest absolute Gasteiger partial charge is 0.352 e. The second-order valence-electron chi connectivity index (χ2n) is 6.46. The van der Waals surface area contributed by atoms with E-state index in [1.165, 1.54) is 18.2 Å². The smallest absolute Gasteiger partial charge is 0.282 e. The Morgan fingerprint density at radius 2 is 1.93 bits per heavy atom. The van der Waals surface area contributed by atoms with Gasteiger partial charge in [-0.1, -0.05) is 12.1 Å². The van der Waals surface area contributed by atoms with Crippen LogP contribution in [0, 0.1) is 16.0 Å². The number of amides is 2. The lowest BCUT2D eigenvalue weighted by Gasteiger charge is -2.32. The van der Waals surface area contributed by atoms with Crippen molar-refractivity contribution < 1.29 is 14.5 Å². The van der Waals surface area contributed by atoms with E-state index < -0.39 is 10.8 Å². The van der Waals surface area contributed by atoms with Gasteiger partial charge in [0.05, 0.1) is 10.5 Å². The molecule has 3 rings (SSSR count). The quantitative estimate of drug-likeness (QED) is 0.644. The predicted molar refractivity (Wildman–Crippen MR) is 98.3 cm³/mol. The number of benzene rings is 1. The van der Waals surface area contributed by atoms with Gasteiger partial charge in [0.25, 0.3) is 17.5 Å². The first-order valence-electron chi connectivity index (χ1n) is 8.77. The molecule has 0 atom stereocenters. The molecule has 8 nitrogen and oxygen atoms in total. The molecule has 0 unspecified atom stereocenters. The van der Waals surface area contributed by atoms with Crippen LogP contribution in [0.15, 0.2) is 48.8 Å². The number of carbonyl (C=O) groups excluding carboxylic acids is 2. The maximum absolute atomic E-state index is 12.4. The molecule has 0 saturated carbocycles. The molecule has 0 radical (unpaired) electrons.